The van der Waals surface area contributed by atoms with Crippen LogP contribution in [0.15, 0.2) is 0 Å². The van der Waals surface area contributed by atoms with Crippen LogP contribution < -0.4 is 5.73 Å². The van der Waals surface area contributed by atoms with E-state index in [1.807, 2.05) is 0 Å². The monoisotopic (exact) mass is 268 g/mol. The molecule has 1 saturated carbocycles. The van der Waals surface area contributed by atoms with E-state index >= 15 is 0 Å². The summed E-state index contributed by atoms with van der Waals surface area (Å²) in [4.78, 5) is 2.56. The Kier molecular flexibility index (Phi) is 4.13. The summed E-state index contributed by atoms with van der Waals surface area (Å²) in [7, 11) is 2.27. The molecule has 2 heterocycles. The summed E-state index contributed by atoms with van der Waals surface area (Å²) in [6, 6.07) is 1.54. The van der Waals surface area contributed by atoms with E-state index in [-0.39, 0.29) is 5.60 Å². The smallest absolute Gasteiger partial charge is 0.0951 e. The minimum Gasteiger partial charge on any atom is -0.378 e. The summed E-state index contributed by atoms with van der Waals surface area (Å²) in [6.45, 7) is 2.52. The first-order valence-electron chi connectivity index (χ1n) is 7.89. The number of hydrogen-bond donors (Lipinski definition) is 1. The highest BCUT2D eigenvalue weighted by Crippen LogP contribution is 2.36. The zero-order valence-electron chi connectivity index (χ0n) is 12.1. The Morgan fingerprint density at radius 2 is 2.00 bits per heavy atom. The number of nitrogens with two attached hydrogens (primary N) is 1. The zero-order valence-corrected chi connectivity index (χ0v) is 12.1. The molecule has 4 atom stereocenters. The van der Waals surface area contributed by atoms with Crippen molar-refractivity contribution in [2.24, 2.45) is 5.73 Å². The summed E-state index contributed by atoms with van der Waals surface area (Å²) < 4.78 is 11.6. The molecule has 0 aromatic heterocycles. The van der Waals surface area contributed by atoms with Crippen molar-refractivity contribution in [2.45, 2.75) is 68.7 Å². The highest BCUT2D eigenvalue weighted by atomic mass is 16.6. The van der Waals surface area contributed by atoms with Crippen LogP contribution in [0, 0.1) is 0 Å². The molecule has 2 N–H and O–H groups in total. The molecule has 110 valence electrons. The molecule has 2 aliphatic heterocycles. The molecular weight excluding hydrogens is 240 g/mol. The molecule has 3 aliphatic rings. The van der Waals surface area contributed by atoms with E-state index in [1.165, 1.54) is 25.7 Å². The lowest BCUT2D eigenvalue weighted by Gasteiger charge is -2.46. The molecule has 4 nitrogen and oxygen atoms in total. The predicted octanol–water partition coefficient (Wildman–Crippen LogP) is 1.53. The van der Waals surface area contributed by atoms with Crippen LogP contribution in [-0.4, -0.2) is 55.5 Å². The first kappa shape index (κ1) is 13.8. The molecule has 0 aromatic carbocycles. The fourth-order valence-corrected chi connectivity index (χ4v) is 4.13. The number of ether oxygens (including phenoxy) is 2. The van der Waals surface area contributed by atoms with Crippen molar-refractivity contribution in [3.05, 3.63) is 0 Å². The lowest BCUT2D eigenvalue weighted by molar-refractivity contribution is -0.109. The summed E-state index contributed by atoms with van der Waals surface area (Å²) >= 11 is 0. The Balaban J connectivity index is 1.64. The number of likely N-dealkylation sites (N-methyl/N-ethyl adjacent to an activating group) is 1. The molecule has 0 aromatic rings. The number of hydrogen-bond acceptors (Lipinski definition) is 4. The SMILES string of the molecule is CN(C1CCOC2(CCOC2)C1)C1CCCCC1N. The van der Waals surface area contributed by atoms with Crippen LogP contribution in [0.3, 0.4) is 0 Å². The van der Waals surface area contributed by atoms with Crippen LogP contribution in [-0.2, 0) is 9.47 Å². The van der Waals surface area contributed by atoms with Gasteiger partial charge in [-0.25, -0.2) is 0 Å². The van der Waals surface area contributed by atoms with E-state index in [1.54, 1.807) is 0 Å². The molecule has 3 rings (SSSR count). The van der Waals surface area contributed by atoms with Crippen molar-refractivity contribution in [1.29, 1.82) is 0 Å². The molecule has 1 spiro atoms. The van der Waals surface area contributed by atoms with Gasteiger partial charge in [0.25, 0.3) is 0 Å². The van der Waals surface area contributed by atoms with E-state index in [0.29, 0.717) is 18.1 Å². The van der Waals surface area contributed by atoms with Gasteiger partial charge in [-0.15, -0.1) is 0 Å². The molecule has 1 aliphatic carbocycles. The van der Waals surface area contributed by atoms with Crippen LogP contribution in [0.4, 0.5) is 0 Å². The average Bonchev–Trinajstić information content (AvgIpc) is 2.86. The van der Waals surface area contributed by atoms with Crippen molar-refractivity contribution in [2.75, 3.05) is 26.9 Å². The maximum atomic E-state index is 6.33. The summed E-state index contributed by atoms with van der Waals surface area (Å²) in [5, 5.41) is 0. The minimum atomic E-state index is 0.00986. The first-order valence-corrected chi connectivity index (χ1v) is 7.89. The van der Waals surface area contributed by atoms with Crippen LogP contribution in [0.2, 0.25) is 0 Å². The Morgan fingerprint density at radius 1 is 1.16 bits per heavy atom. The fourth-order valence-electron chi connectivity index (χ4n) is 4.13. The van der Waals surface area contributed by atoms with E-state index in [9.17, 15) is 0 Å². The summed E-state index contributed by atoms with van der Waals surface area (Å²) in [6.07, 6.45) is 8.41. The summed E-state index contributed by atoms with van der Waals surface area (Å²) in [5.41, 5.74) is 6.34. The highest BCUT2D eigenvalue weighted by Gasteiger charge is 2.43. The molecule has 19 heavy (non-hydrogen) atoms. The average molecular weight is 268 g/mol. The van der Waals surface area contributed by atoms with Gasteiger partial charge in [0.15, 0.2) is 0 Å². The van der Waals surface area contributed by atoms with Crippen molar-refractivity contribution in [1.82, 2.24) is 4.90 Å². The molecule has 0 radical (unpaired) electrons. The normalized spacial score (nSPS) is 44.1. The van der Waals surface area contributed by atoms with E-state index < -0.39 is 0 Å². The van der Waals surface area contributed by atoms with Crippen molar-refractivity contribution < 1.29 is 9.47 Å². The maximum absolute atomic E-state index is 6.33. The first-order chi connectivity index (χ1) is 9.20. The number of nitrogens with zero attached hydrogens (tertiary/aromatic N) is 1. The number of rotatable bonds is 2. The van der Waals surface area contributed by atoms with Gasteiger partial charge >= 0.3 is 0 Å². The molecule has 0 bridgehead atoms. The van der Waals surface area contributed by atoms with Crippen LogP contribution in [0.1, 0.15) is 44.9 Å². The second-order valence-electron chi connectivity index (χ2n) is 6.66. The quantitative estimate of drug-likeness (QED) is 0.825. The molecule has 0 amide bonds. The Hall–Kier alpha value is -0.160. The predicted molar refractivity (Wildman–Crippen MR) is 75.1 cm³/mol. The lowest BCUT2D eigenvalue weighted by atomic mass is 9.85. The summed E-state index contributed by atoms with van der Waals surface area (Å²) in [5.74, 6) is 0. The van der Waals surface area contributed by atoms with Gasteiger partial charge in [0, 0.05) is 37.8 Å². The maximum Gasteiger partial charge on any atom is 0.0951 e. The Labute approximate surface area is 116 Å². The van der Waals surface area contributed by atoms with Gasteiger partial charge in [-0.1, -0.05) is 12.8 Å². The second kappa shape index (κ2) is 5.68. The van der Waals surface area contributed by atoms with Gasteiger partial charge in [0.1, 0.15) is 0 Å². The Bertz CT molecular complexity index is 305. The van der Waals surface area contributed by atoms with Crippen LogP contribution in [0.5, 0.6) is 0 Å². The largest absolute Gasteiger partial charge is 0.378 e. The van der Waals surface area contributed by atoms with Crippen LogP contribution >= 0.6 is 0 Å². The minimum absolute atomic E-state index is 0.00986. The van der Waals surface area contributed by atoms with Crippen LogP contribution in [0.25, 0.3) is 0 Å². The van der Waals surface area contributed by atoms with Gasteiger partial charge in [0.05, 0.1) is 12.2 Å². The molecule has 4 unspecified atom stereocenters. The lowest BCUT2D eigenvalue weighted by Crippen LogP contribution is -2.55. The molecule has 3 fully saturated rings. The van der Waals surface area contributed by atoms with Gasteiger partial charge in [-0.05, 0) is 32.7 Å². The van der Waals surface area contributed by atoms with Crippen molar-refractivity contribution in [3.8, 4) is 0 Å². The fraction of sp³-hybridized carbons (Fsp3) is 1.00. The van der Waals surface area contributed by atoms with Gasteiger partial charge < -0.3 is 15.2 Å². The molecule has 2 saturated heterocycles. The highest BCUT2D eigenvalue weighted by molar-refractivity contribution is 4.96. The zero-order chi connectivity index (χ0) is 13.3. The molecule has 4 heteroatoms. The van der Waals surface area contributed by atoms with E-state index in [2.05, 4.69) is 11.9 Å². The standard InChI is InChI=1S/C15H28N2O2/c1-17(14-5-3-2-4-13(14)16)12-6-8-19-15(10-12)7-9-18-11-15/h12-14H,2-11,16H2,1H3. The second-order valence-corrected chi connectivity index (χ2v) is 6.66. The van der Waals surface area contributed by atoms with Gasteiger partial charge in [-0.3, -0.25) is 4.90 Å². The van der Waals surface area contributed by atoms with Gasteiger partial charge in [0.2, 0.25) is 0 Å². The van der Waals surface area contributed by atoms with E-state index in [0.717, 1.165) is 39.1 Å². The van der Waals surface area contributed by atoms with E-state index in [4.69, 9.17) is 15.2 Å². The third-order valence-corrected chi connectivity index (χ3v) is 5.41. The Morgan fingerprint density at radius 3 is 2.74 bits per heavy atom. The third kappa shape index (κ3) is 2.82. The topological polar surface area (TPSA) is 47.7 Å². The molecular formula is C15H28N2O2. The van der Waals surface area contributed by atoms with Crippen molar-refractivity contribution in [3.63, 3.8) is 0 Å². The van der Waals surface area contributed by atoms with Crippen molar-refractivity contribution >= 4 is 0 Å². The third-order valence-electron chi connectivity index (χ3n) is 5.41. The van der Waals surface area contributed by atoms with Gasteiger partial charge in [-0.2, -0.15) is 0 Å².